The predicted molar refractivity (Wildman–Crippen MR) is 107 cm³/mol. The average Bonchev–Trinajstić information content (AvgIpc) is 2.74. The Hall–Kier alpha value is -2.69. The van der Waals surface area contributed by atoms with Crippen LogP contribution >= 0.6 is 0 Å². The summed E-state index contributed by atoms with van der Waals surface area (Å²) < 4.78 is 0. The van der Waals surface area contributed by atoms with Gasteiger partial charge in [0.1, 0.15) is 5.69 Å². The van der Waals surface area contributed by atoms with Crippen molar-refractivity contribution < 1.29 is 4.79 Å². The summed E-state index contributed by atoms with van der Waals surface area (Å²) in [5.74, 6) is 0.477. The van der Waals surface area contributed by atoms with Crippen molar-refractivity contribution in [1.29, 1.82) is 0 Å². The van der Waals surface area contributed by atoms with Gasteiger partial charge in [-0.05, 0) is 62.6 Å². The fourth-order valence-corrected chi connectivity index (χ4v) is 3.91. The number of fused-ring (bicyclic) bond motifs is 1. The topological polar surface area (TPSA) is 58.1 Å². The molecule has 1 amide bonds. The van der Waals surface area contributed by atoms with Crippen LogP contribution in [0.15, 0.2) is 48.2 Å². The van der Waals surface area contributed by atoms with Gasteiger partial charge in [-0.2, -0.15) is 0 Å². The zero-order valence-electron chi connectivity index (χ0n) is 15.7. The first-order valence-electron chi connectivity index (χ1n) is 9.96. The third-order valence-electron chi connectivity index (χ3n) is 5.34. The van der Waals surface area contributed by atoms with E-state index in [4.69, 9.17) is 0 Å². The fourth-order valence-electron chi connectivity index (χ4n) is 3.91. The summed E-state index contributed by atoms with van der Waals surface area (Å²) in [4.78, 5) is 23.6. The first kappa shape index (κ1) is 17.7. The third kappa shape index (κ3) is 4.18. The van der Waals surface area contributed by atoms with Crippen molar-refractivity contribution >= 4 is 17.5 Å². The lowest BCUT2D eigenvalue weighted by Crippen LogP contribution is -2.29. The second kappa shape index (κ2) is 8.33. The summed E-state index contributed by atoms with van der Waals surface area (Å²) in [7, 11) is 0. The number of para-hydroxylation sites is 1. The number of hydrogen-bond acceptors (Lipinski definition) is 4. The molecule has 1 N–H and O–H groups in total. The predicted octanol–water partition coefficient (Wildman–Crippen LogP) is 4.18. The zero-order chi connectivity index (χ0) is 18.5. The van der Waals surface area contributed by atoms with Gasteiger partial charge in [0.15, 0.2) is 0 Å². The Morgan fingerprint density at radius 2 is 2.04 bits per heavy atom. The first-order valence-corrected chi connectivity index (χ1v) is 9.96. The highest BCUT2D eigenvalue weighted by Crippen LogP contribution is 2.31. The maximum absolute atomic E-state index is 12.5. The van der Waals surface area contributed by atoms with Crippen LogP contribution in [0.3, 0.4) is 0 Å². The Kier molecular flexibility index (Phi) is 5.47. The minimum atomic E-state index is -0.125. The Bertz CT molecular complexity index is 846. The molecule has 0 saturated heterocycles. The number of carbonyl (C=O) groups excluding carboxylic acids is 1. The average molecular weight is 362 g/mol. The van der Waals surface area contributed by atoms with E-state index in [1.165, 1.54) is 36.8 Å². The maximum Gasteiger partial charge on any atom is 0.270 e. The minimum Gasteiger partial charge on any atom is -0.350 e. The molecule has 0 saturated carbocycles. The van der Waals surface area contributed by atoms with Gasteiger partial charge in [-0.3, -0.25) is 4.79 Å². The highest BCUT2D eigenvalue weighted by Gasteiger charge is 2.20. The molecule has 2 heterocycles. The first-order chi connectivity index (χ1) is 13.3. The monoisotopic (exact) mass is 362 g/mol. The van der Waals surface area contributed by atoms with Crippen LogP contribution in [0.1, 0.15) is 54.6 Å². The van der Waals surface area contributed by atoms with Crippen LogP contribution in [-0.2, 0) is 6.42 Å². The number of rotatable bonds is 5. The summed E-state index contributed by atoms with van der Waals surface area (Å²) in [6.45, 7) is 1.53. The van der Waals surface area contributed by atoms with Gasteiger partial charge in [-0.15, -0.1) is 0 Å². The van der Waals surface area contributed by atoms with Crippen LogP contribution in [0, 0.1) is 0 Å². The summed E-state index contributed by atoms with van der Waals surface area (Å²) in [6, 6.07) is 10.0. The Labute approximate surface area is 160 Å². The van der Waals surface area contributed by atoms with E-state index in [0.29, 0.717) is 18.2 Å². The molecule has 5 heteroatoms. The third-order valence-corrected chi connectivity index (χ3v) is 5.34. The Morgan fingerprint density at radius 1 is 1.11 bits per heavy atom. The van der Waals surface area contributed by atoms with Crippen molar-refractivity contribution in [2.24, 2.45) is 0 Å². The van der Waals surface area contributed by atoms with Crippen molar-refractivity contribution in [3.05, 3.63) is 59.4 Å². The van der Waals surface area contributed by atoms with Crippen molar-refractivity contribution in [3.8, 4) is 0 Å². The maximum atomic E-state index is 12.5. The van der Waals surface area contributed by atoms with Gasteiger partial charge < -0.3 is 10.2 Å². The second-order valence-electron chi connectivity index (χ2n) is 7.24. The standard InChI is InChI=1S/C22H26N4O/c27-21(23-14-12-17-7-2-1-3-8-17)19-13-15-24-22(25-19)26-16-6-10-18-9-4-5-11-20(18)26/h4-5,7,9,11,13,15H,1-3,6,8,10,12,14,16H2,(H,23,27). The van der Waals surface area contributed by atoms with Crippen molar-refractivity contribution in [2.45, 2.75) is 44.9 Å². The zero-order valence-corrected chi connectivity index (χ0v) is 15.7. The van der Waals surface area contributed by atoms with E-state index < -0.39 is 0 Å². The summed E-state index contributed by atoms with van der Waals surface area (Å²) in [5, 5.41) is 3.01. The van der Waals surface area contributed by atoms with E-state index in [9.17, 15) is 4.79 Å². The summed E-state index contributed by atoms with van der Waals surface area (Å²) in [6.07, 6.45) is 12.0. The van der Waals surface area contributed by atoms with Gasteiger partial charge in [0.25, 0.3) is 5.91 Å². The van der Waals surface area contributed by atoms with E-state index in [1.54, 1.807) is 12.3 Å². The van der Waals surface area contributed by atoms with E-state index in [-0.39, 0.29) is 5.91 Å². The van der Waals surface area contributed by atoms with Crippen LogP contribution in [0.5, 0.6) is 0 Å². The highest BCUT2D eigenvalue weighted by molar-refractivity contribution is 5.92. The lowest BCUT2D eigenvalue weighted by molar-refractivity contribution is 0.0949. The molecule has 0 radical (unpaired) electrons. The Balaban J connectivity index is 1.43. The molecule has 0 unspecified atom stereocenters. The molecule has 0 bridgehead atoms. The molecule has 0 fully saturated rings. The van der Waals surface area contributed by atoms with Gasteiger partial charge in [-0.25, -0.2) is 9.97 Å². The molecule has 27 heavy (non-hydrogen) atoms. The summed E-state index contributed by atoms with van der Waals surface area (Å²) in [5.41, 5.74) is 4.35. The number of allylic oxidation sites excluding steroid dienone is 1. The molecule has 140 valence electrons. The molecule has 0 spiro atoms. The number of carbonyl (C=O) groups is 1. The Morgan fingerprint density at radius 3 is 2.93 bits per heavy atom. The van der Waals surface area contributed by atoms with E-state index in [2.05, 4.69) is 44.5 Å². The molecule has 1 aliphatic heterocycles. The van der Waals surface area contributed by atoms with Crippen LogP contribution in [0.25, 0.3) is 0 Å². The fraction of sp³-hybridized carbons (Fsp3) is 0.409. The minimum absolute atomic E-state index is 0.125. The quantitative estimate of drug-likeness (QED) is 0.811. The number of nitrogens with one attached hydrogen (secondary N) is 1. The smallest absolute Gasteiger partial charge is 0.270 e. The molecular formula is C22H26N4O. The number of aryl methyl sites for hydroxylation is 1. The SMILES string of the molecule is O=C(NCCC1=CCCCC1)c1ccnc(N2CCCc3ccccc32)n1. The van der Waals surface area contributed by atoms with Gasteiger partial charge >= 0.3 is 0 Å². The van der Waals surface area contributed by atoms with E-state index in [0.717, 1.165) is 31.5 Å². The lowest BCUT2D eigenvalue weighted by atomic mass is 9.97. The number of anilines is 2. The number of nitrogens with zero attached hydrogens (tertiary/aromatic N) is 3. The van der Waals surface area contributed by atoms with Crippen molar-refractivity contribution in [3.63, 3.8) is 0 Å². The molecule has 5 nitrogen and oxygen atoms in total. The van der Waals surface area contributed by atoms with Crippen LogP contribution in [0.4, 0.5) is 11.6 Å². The van der Waals surface area contributed by atoms with Crippen molar-refractivity contribution in [2.75, 3.05) is 18.0 Å². The second-order valence-corrected chi connectivity index (χ2v) is 7.24. The molecule has 0 atom stereocenters. The number of amides is 1. The van der Waals surface area contributed by atoms with Gasteiger partial charge in [-0.1, -0.05) is 29.8 Å². The molecular weight excluding hydrogens is 336 g/mol. The number of hydrogen-bond donors (Lipinski definition) is 1. The largest absolute Gasteiger partial charge is 0.350 e. The van der Waals surface area contributed by atoms with Gasteiger partial charge in [0, 0.05) is 25.0 Å². The molecule has 2 aromatic rings. The summed E-state index contributed by atoms with van der Waals surface area (Å²) >= 11 is 0. The normalized spacial score (nSPS) is 16.4. The molecule has 1 aromatic carbocycles. The van der Waals surface area contributed by atoms with Gasteiger partial charge in [0.2, 0.25) is 5.95 Å². The van der Waals surface area contributed by atoms with E-state index in [1.807, 2.05) is 6.07 Å². The van der Waals surface area contributed by atoms with Gasteiger partial charge in [0.05, 0.1) is 0 Å². The van der Waals surface area contributed by atoms with E-state index >= 15 is 0 Å². The van der Waals surface area contributed by atoms with Crippen LogP contribution < -0.4 is 10.2 Å². The molecule has 1 aliphatic carbocycles. The van der Waals surface area contributed by atoms with Crippen molar-refractivity contribution in [1.82, 2.24) is 15.3 Å². The van der Waals surface area contributed by atoms with Crippen LogP contribution in [0.2, 0.25) is 0 Å². The molecule has 4 rings (SSSR count). The van der Waals surface area contributed by atoms with Crippen LogP contribution in [-0.4, -0.2) is 29.0 Å². The molecule has 1 aromatic heterocycles. The highest BCUT2D eigenvalue weighted by atomic mass is 16.1. The number of benzene rings is 1. The molecule has 2 aliphatic rings. The lowest BCUT2D eigenvalue weighted by Gasteiger charge is -2.29. The number of aromatic nitrogens is 2.